The van der Waals surface area contributed by atoms with Crippen molar-refractivity contribution in [2.75, 3.05) is 6.61 Å². The standard InChI is InChI=1S/C6H14N2O/c1-3-9-6(2)4-5-8-7/h4-6,8H,3,7H2,1-2H3/b5-4-. The summed E-state index contributed by atoms with van der Waals surface area (Å²) in [7, 11) is 0. The smallest absolute Gasteiger partial charge is 0.0744 e. The lowest BCUT2D eigenvalue weighted by Gasteiger charge is -2.03. The van der Waals surface area contributed by atoms with Crippen molar-refractivity contribution in [3.8, 4) is 0 Å². The lowest BCUT2D eigenvalue weighted by molar-refractivity contribution is 0.109. The highest BCUT2D eigenvalue weighted by Gasteiger charge is 1.90. The van der Waals surface area contributed by atoms with E-state index < -0.39 is 0 Å². The molecular formula is C6H14N2O. The zero-order chi connectivity index (χ0) is 7.11. The fourth-order valence-electron chi connectivity index (χ4n) is 0.510. The highest BCUT2D eigenvalue weighted by atomic mass is 16.5. The second-order valence-corrected chi connectivity index (χ2v) is 1.69. The van der Waals surface area contributed by atoms with Gasteiger partial charge in [0.05, 0.1) is 6.10 Å². The van der Waals surface area contributed by atoms with Gasteiger partial charge in [0.25, 0.3) is 0 Å². The molecule has 0 spiro atoms. The first-order chi connectivity index (χ1) is 4.31. The van der Waals surface area contributed by atoms with Crippen LogP contribution in [0.2, 0.25) is 0 Å². The van der Waals surface area contributed by atoms with Gasteiger partial charge < -0.3 is 10.2 Å². The topological polar surface area (TPSA) is 47.3 Å². The van der Waals surface area contributed by atoms with Gasteiger partial charge in [-0.25, -0.2) is 0 Å². The largest absolute Gasteiger partial charge is 0.375 e. The van der Waals surface area contributed by atoms with Gasteiger partial charge in [-0.3, -0.25) is 5.84 Å². The molecule has 3 heteroatoms. The number of hydrazine groups is 1. The molecule has 0 aromatic heterocycles. The van der Waals surface area contributed by atoms with E-state index in [1.807, 2.05) is 19.9 Å². The lowest BCUT2D eigenvalue weighted by atomic mass is 10.4. The van der Waals surface area contributed by atoms with E-state index in [4.69, 9.17) is 10.6 Å². The molecule has 1 unspecified atom stereocenters. The maximum absolute atomic E-state index is 5.16. The summed E-state index contributed by atoms with van der Waals surface area (Å²) < 4.78 is 5.16. The van der Waals surface area contributed by atoms with Crippen molar-refractivity contribution < 1.29 is 4.74 Å². The summed E-state index contributed by atoms with van der Waals surface area (Å²) in [5, 5.41) is 0. The van der Waals surface area contributed by atoms with Crippen molar-refractivity contribution in [2.45, 2.75) is 20.0 Å². The Hall–Kier alpha value is -0.540. The molecule has 1 atom stereocenters. The third-order valence-electron chi connectivity index (χ3n) is 0.893. The summed E-state index contributed by atoms with van der Waals surface area (Å²) in [6.45, 7) is 4.65. The van der Waals surface area contributed by atoms with Gasteiger partial charge in [0.1, 0.15) is 0 Å². The monoisotopic (exact) mass is 130 g/mol. The fourth-order valence-corrected chi connectivity index (χ4v) is 0.510. The van der Waals surface area contributed by atoms with E-state index in [2.05, 4.69) is 5.43 Å². The van der Waals surface area contributed by atoms with Crippen LogP contribution in [0.1, 0.15) is 13.8 Å². The van der Waals surface area contributed by atoms with Crippen molar-refractivity contribution in [1.82, 2.24) is 5.43 Å². The zero-order valence-electron chi connectivity index (χ0n) is 5.92. The van der Waals surface area contributed by atoms with Gasteiger partial charge in [0.2, 0.25) is 0 Å². The average molecular weight is 130 g/mol. The Morgan fingerprint density at radius 1 is 1.78 bits per heavy atom. The number of rotatable bonds is 4. The Morgan fingerprint density at radius 3 is 2.89 bits per heavy atom. The summed E-state index contributed by atoms with van der Waals surface area (Å²) in [6.07, 6.45) is 3.65. The van der Waals surface area contributed by atoms with Gasteiger partial charge in [0, 0.05) is 12.8 Å². The number of ether oxygens (including phenoxy) is 1. The minimum absolute atomic E-state index is 0.144. The first kappa shape index (κ1) is 8.46. The molecular weight excluding hydrogens is 116 g/mol. The van der Waals surface area contributed by atoms with Crippen LogP contribution >= 0.6 is 0 Å². The van der Waals surface area contributed by atoms with Gasteiger partial charge in [-0.15, -0.1) is 0 Å². The van der Waals surface area contributed by atoms with E-state index in [9.17, 15) is 0 Å². The van der Waals surface area contributed by atoms with Gasteiger partial charge in [-0.1, -0.05) is 0 Å². The molecule has 0 saturated carbocycles. The molecule has 0 bridgehead atoms. The maximum Gasteiger partial charge on any atom is 0.0744 e. The number of nitrogens with one attached hydrogen (secondary N) is 1. The highest BCUT2D eigenvalue weighted by Crippen LogP contribution is 1.89. The molecule has 0 heterocycles. The van der Waals surface area contributed by atoms with Crippen LogP contribution in [-0.4, -0.2) is 12.7 Å². The van der Waals surface area contributed by atoms with Crippen LogP contribution in [0.25, 0.3) is 0 Å². The Bertz CT molecular complexity index is 83.1. The predicted molar refractivity (Wildman–Crippen MR) is 37.6 cm³/mol. The average Bonchev–Trinajstić information content (AvgIpc) is 1.85. The molecule has 0 radical (unpaired) electrons. The number of nitrogens with two attached hydrogens (primary N) is 1. The molecule has 0 saturated heterocycles. The summed E-state index contributed by atoms with van der Waals surface area (Å²) in [4.78, 5) is 0. The fraction of sp³-hybridized carbons (Fsp3) is 0.667. The molecule has 3 nitrogen and oxygen atoms in total. The molecule has 9 heavy (non-hydrogen) atoms. The molecule has 0 aromatic carbocycles. The van der Waals surface area contributed by atoms with Crippen LogP contribution in [0, 0.1) is 0 Å². The van der Waals surface area contributed by atoms with E-state index in [1.165, 1.54) is 0 Å². The van der Waals surface area contributed by atoms with Crippen LogP contribution in [0.4, 0.5) is 0 Å². The van der Waals surface area contributed by atoms with Crippen molar-refractivity contribution in [3.63, 3.8) is 0 Å². The predicted octanol–water partition coefficient (Wildman–Crippen LogP) is 0.388. The first-order valence-electron chi connectivity index (χ1n) is 3.05. The second-order valence-electron chi connectivity index (χ2n) is 1.69. The van der Waals surface area contributed by atoms with E-state index in [0.29, 0.717) is 0 Å². The molecule has 0 rings (SSSR count). The first-order valence-corrected chi connectivity index (χ1v) is 3.05. The number of hydrogen-bond donors (Lipinski definition) is 2. The SMILES string of the molecule is CCOC(C)/C=C\NN. The van der Waals surface area contributed by atoms with Crippen LogP contribution in [0.3, 0.4) is 0 Å². The van der Waals surface area contributed by atoms with Crippen molar-refractivity contribution >= 4 is 0 Å². The summed E-state index contributed by atoms with van der Waals surface area (Å²) in [6, 6.07) is 0. The normalized spacial score (nSPS) is 14.1. The summed E-state index contributed by atoms with van der Waals surface area (Å²) in [5.41, 5.74) is 2.40. The Morgan fingerprint density at radius 2 is 2.44 bits per heavy atom. The van der Waals surface area contributed by atoms with Gasteiger partial charge in [0.15, 0.2) is 0 Å². The molecule has 54 valence electrons. The van der Waals surface area contributed by atoms with E-state index in [1.54, 1.807) is 6.20 Å². The Kier molecular flexibility index (Phi) is 5.26. The van der Waals surface area contributed by atoms with E-state index in [0.717, 1.165) is 6.61 Å². The van der Waals surface area contributed by atoms with Gasteiger partial charge in [-0.05, 0) is 19.9 Å². The van der Waals surface area contributed by atoms with Crippen LogP contribution in [-0.2, 0) is 4.74 Å². The Balaban J connectivity index is 3.25. The van der Waals surface area contributed by atoms with Crippen LogP contribution < -0.4 is 11.3 Å². The Labute approximate surface area is 55.8 Å². The summed E-state index contributed by atoms with van der Waals surface area (Å²) >= 11 is 0. The quantitative estimate of drug-likeness (QED) is 0.427. The highest BCUT2D eigenvalue weighted by molar-refractivity contribution is 4.83. The molecule has 0 fully saturated rings. The van der Waals surface area contributed by atoms with Crippen molar-refractivity contribution in [1.29, 1.82) is 0 Å². The van der Waals surface area contributed by atoms with E-state index in [-0.39, 0.29) is 6.10 Å². The third-order valence-corrected chi connectivity index (χ3v) is 0.893. The second kappa shape index (κ2) is 5.59. The number of hydrogen-bond acceptors (Lipinski definition) is 3. The van der Waals surface area contributed by atoms with E-state index >= 15 is 0 Å². The molecule has 0 aliphatic rings. The molecule has 0 amide bonds. The van der Waals surface area contributed by atoms with Crippen LogP contribution in [0.15, 0.2) is 12.3 Å². The van der Waals surface area contributed by atoms with Gasteiger partial charge in [-0.2, -0.15) is 0 Å². The minimum atomic E-state index is 0.144. The molecule has 3 N–H and O–H groups in total. The lowest BCUT2D eigenvalue weighted by Crippen LogP contribution is -2.15. The van der Waals surface area contributed by atoms with Crippen LogP contribution in [0.5, 0.6) is 0 Å². The molecule has 0 aliphatic heterocycles. The third kappa shape index (κ3) is 5.33. The molecule has 0 aliphatic carbocycles. The summed E-state index contributed by atoms with van der Waals surface area (Å²) in [5.74, 6) is 4.98. The molecule has 0 aromatic rings. The minimum Gasteiger partial charge on any atom is -0.375 e. The van der Waals surface area contributed by atoms with Crippen molar-refractivity contribution in [3.05, 3.63) is 12.3 Å². The van der Waals surface area contributed by atoms with Crippen molar-refractivity contribution in [2.24, 2.45) is 5.84 Å². The maximum atomic E-state index is 5.16. The van der Waals surface area contributed by atoms with Gasteiger partial charge >= 0.3 is 0 Å². The zero-order valence-corrected chi connectivity index (χ0v) is 5.92.